The van der Waals surface area contributed by atoms with E-state index < -0.39 is 9.71 Å². The van der Waals surface area contributed by atoms with Crippen LogP contribution < -0.4 is 0 Å². The lowest BCUT2D eigenvalue weighted by Gasteiger charge is -2.36. The van der Waals surface area contributed by atoms with Gasteiger partial charge in [-0.25, -0.2) is 8.99 Å². The van der Waals surface area contributed by atoms with Gasteiger partial charge in [0.15, 0.2) is 5.82 Å². The minimum atomic E-state index is -2.35. The molecule has 1 aromatic rings. The molecule has 1 heterocycles. The molecule has 21 heavy (non-hydrogen) atoms. The second-order valence-corrected chi connectivity index (χ2v) is 10.1. The van der Waals surface area contributed by atoms with Crippen molar-refractivity contribution in [2.75, 3.05) is 6.26 Å². The Labute approximate surface area is 129 Å². The first-order valence-electron chi connectivity index (χ1n) is 7.11. The van der Waals surface area contributed by atoms with Crippen molar-refractivity contribution < 1.29 is 4.21 Å². The predicted molar refractivity (Wildman–Crippen MR) is 88.5 cm³/mol. The zero-order valence-corrected chi connectivity index (χ0v) is 15.4. The number of aromatic nitrogens is 4. The van der Waals surface area contributed by atoms with E-state index in [9.17, 15) is 4.21 Å². The van der Waals surface area contributed by atoms with Gasteiger partial charge < -0.3 is 0 Å². The van der Waals surface area contributed by atoms with Gasteiger partial charge in [0, 0.05) is 21.5 Å². The summed E-state index contributed by atoms with van der Waals surface area (Å²) in [5.41, 5.74) is -0.246. The van der Waals surface area contributed by atoms with Crippen LogP contribution in [0.1, 0.15) is 60.3 Å². The number of nitrogens with zero attached hydrogens (tertiary/aromatic N) is 5. The number of rotatable bonds is 4. The number of tetrazole rings is 1. The zero-order chi connectivity index (χ0) is 16.6. The Kier molecular flexibility index (Phi) is 4.90. The third kappa shape index (κ3) is 4.51. The molecule has 0 aromatic carbocycles. The normalized spacial score (nSPS) is 17.8. The van der Waals surface area contributed by atoms with Gasteiger partial charge in [-0.3, -0.25) is 4.21 Å². The quantitative estimate of drug-likeness (QED) is 0.799. The summed E-state index contributed by atoms with van der Waals surface area (Å²) in [5, 5.41) is 12.0. The Balaban J connectivity index is 3.17. The van der Waals surface area contributed by atoms with Crippen molar-refractivity contribution in [1.29, 1.82) is 0 Å². The van der Waals surface area contributed by atoms with Gasteiger partial charge in [0.05, 0.1) is 12.6 Å². The first-order valence-corrected chi connectivity index (χ1v) is 9.20. The molecule has 7 heteroatoms. The molecular formula is C14H29N5OS. The van der Waals surface area contributed by atoms with Gasteiger partial charge in [0.1, 0.15) is 0 Å². The van der Waals surface area contributed by atoms with E-state index in [2.05, 4.69) is 49.1 Å². The fraction of sp³-hybridized carbons (Fsp3) is 0.857. The SMILES string of the molecule is C=S(C)(=O)N(Cc1nnnn1C(C)C(C)(C)C)C(C)(C)C. The van der Waals surface area contributed by atoms with Gasteiger partial charge >= 0.3 is 0 Å². The lowest BCUT2D eigenvalue weighted by atomic mass is 9.88. The summed E-state index contributed by atoms with van der Waals surface area (Å²) in [6.45, 7) is 15.0. The summed E-state index contributed by atoms with van der Waals surface area (Å²) in [6, 6.07) is 0.141. The maximum Gasteiger partial charge on any atom is 0.166 e. The van der Waals surface area contributed by atoms with E-state index >= 15 is 0 Å². The molecule has 2 atom stereocenters. The molecule has 0 aliphatic carbocycles. The molecule has 6 nitrogen and oxygen atoms in total. The van der Waals surface area contributed by atoms with Gasteiger partial charge in [-0.2, -0.15) is 0 Å². The van der Waals surface area contributed by atoms with Crippen LogP contribution in [-0.2, 0) is 16.3 Å². The molecule has 0 aliphatic heterocycles. The van der Waals surface area contributed by atoms with Crippen molar-refractivity contribution in [3.8, 4) is 0 Å². The van der Waals surface area contributed by atoms with Crippen molar-refractivity contribution in [3.63, 3.8) is 0 Å². The average molecular weight is 315 g/mol. The Morgan fingerprint density at radius 3 is 2.19 bits per heavy atom. The van der Waals surface area contributed by atoms with Crippen LogP contribution in [0, 0.1) is 5.41 Å². The molecule has 0 spiro atoms. The Morgan fingerprint density at radius 2 is 1.81 bits per heavy atom. The van der Waals surface area contributed by atoms with E-state index in [1.165, 1.54) is 0 Å². The topological polar surface area (TPSA) is 63.9 Å². The summed E-state index contributed by atoms with van der Waals surface area (Å²) in [5.74, 6) is 4.53. The van der Waals surface area contributed by atoms with Crippen LogP contribution in [0.3, 0.4) is 0 Å². The van der Waals surface area contributed by atoms with Gasteiger partial charge in [0.2, 0.25) is 0 Å². The zero-order valence-electron chi connectivity index (χ0n) is 14.5. The molecule has 0 saturated carbocycles. The maximum absolute atomic E-state index is 12.5. The molecule has 0 radical (unpaired) electrons. The largest absolute Gasteiger partial charge is 0.253 e. The molecule has 2 unspecified atom stereocenters. The van der Waals surface area contributed by atoms with Crippen LogP contribution in [0.4, 0.5) is 0 Å². The van der Waals surface area contributed by atoms with Gasteiger partial charge in [0.25, 0.3) is 0 Å². The lowest BCUT2D eigenvalue weighted by molar-refractivity contribution is 0.213. The minimum Gasteiger partial charge on any atom is -0.253 e. The minimum absolute atomic E-state index is 0.0365. The second-order valence-electron chi connectivity index (χ2n) is 7.75. The first kappa shape index (κ1) is 18.1. The summed E-state index contributed by atoms with van der Waals surface area (Å²) >= 11 is 0. The highest BCUT2D eigenvalue weighted by Crippen LogP contribution is 2.30. The molecule has 0 amide bonds. The molecule has 0 fully saturated rings. The summed E-state index contributed by atoms with van der Waals surface area (Å²) in [4.78, 5) is 0. The monoisotopic (exact) mass is 315 g/mol. The van der Waals surface area contributed by atoms with Crippen molar-refractivity contribution >= 4 is 15.6 Å². The lowest BCUT2D eigenvalue weighted by Crippen LogP contribution is -2.45. The molecular weight excluding hydrogens is 286 g/mol. The molecule has 0 bridgehead atoms. The average Bonchev–Trinajstić information content (AvgIpc) is 2.67. The van der Waals surface area contributed by atoms with Crippen molar-refractivity contribution in [2.24, 2.45) is 5.41 Å². The second kappa shape index (κ2) is 5.68. The molecule has 0 saturated heterocycles. The maximum atomic E-state index is 12.5. The van der Waals surface area contributed by atoms with E-state index in [1.54, 1.807) is 6.26 Å². The Morgan fingerprint density at radius 1 is 1.29 bits per heavy atom. The molecule has 122 valence electrons. The van der Waals surface area contributed by atoms with E-state index in [0.29, 0.717) is 12.4 Å². The Hall–Kier alpha value is -0.950. The molecule has 1 rings (SSSR count). The molecule has 0 aliphatic rings. The highest BCUT2D eigenvalue weighted by Gasteiger charge is 2.31. The van der Waals surface area contributed by atoms with E-state index in [1.807, 2.05) is 29.8 Å². The number of hydrogen-bond acceptors (Lipinski definition) is 4. The van der Waals surface area contributed by atoms with Crippen LogP contribution >= 0.6 is 0 Å². The van der Waals surface area contributed by atoms with Gasteiger partial charge in [-0.15, -0.1) is 5.10 Å². The van der Waals surface area contributed by atoms with Crippen molar-refractivity contribution in [3.05, 3.63) is 5.82 Å². The molecule has 0 N–H and O–H groups in total. The van der Waals surface area contributed by atoms with Crippen LogP contribution in [0.25, 0.3) is 0 Å². The smallest absolute Gasteiger partial charge is 0.166 e. The molecule has 1 aromatic heterocycles. The fourth-order valence-corrected chi connectivity index (χ4v) is 3.61. The summed E-state index contributed by atoms with van der Waals surface area (Å²) < 4.78 is 16.2. The highest BCUT2D eigenvalue weighted by molar-refractivity contribution is 7.97. The van der Waals surface area contributed by atoms with E-state index in [4.69, 9.17) is 0 Å². The summed E-state index contributed by atoms with van der Waals surface area (Å²) in [6.07, 6.45) is 1.65. The fourth-order valence-electron chi connectivity index (χ4n) is 2.07. The third-order valence-electron chi connectivity index (χ3n) is 3.68. The van der Waals surface area contributed by atoms with Crippen LogP contribution in [0.15, 0.2) is 0 Å². The van der Waals surface area contributed by atoms with Crippen LogP contribution in [0.5, 0.6) is 0 Å². The predicted octanol–water partition coefficient (Wildman–Crippen LogP) is 2.14. The highest BCUT2D eigenvalue weighted by atomic mass is 32.2. The van der Waals surface area contributed by atoms with Crippen molar-refractivity contribution in [1.82, 2.24) is 24.5 Å². The van der Waals surface area contributed by atoms with Crippen LogP contribution in [0.2, 0.25) is 0 Å². The van der Waals surface area contributed by atoms with Gasteiger partial charge in [-0.1, -0.05) is 20.8 Å². The van der Waals surface area contributed by atoms with Crippen LogP contribution in [-0.4, -0.2) is 46.4 Å². The standard InChI is InChI=1S/C14H29N5OS/c1-11(13(2,3)4)19-12(15-16-17-19)10-18(14(5,6)7)21(8,9)20/h11H,8,10H2,1-7,9H3. The Bertz CT molecular complexity index is 577. The summed E-state index contributed by atoms with van der Waals surface area (Å²) in [7, 11) is -2.35. The van der Waals surface area contributed by atoms with E-state index in [0.717, 1.165) is 0 Å². The first-order chi connectivity index (χ1) is 9.24. The van der Waals surface area contributed by atoms with Crippen molar-refractivity contribution in [2.45, 2.75) is 66.6 Å². The number of hydrogen-bond donors (Lipinski definition) is 0. The van der Waals surface area contributed by atoms with E-state index in [-0.39, 0.29) is 17.0 Å². The van der Waals surface area contributed by atoms with Gasteiger partial charge in [-0.05, 0) is 49.4 Å². The third-order valence-corrected chi connectivity index (χ3v) is 5.29.